The Morgan fingerprint density at radius 2 is 1.81 bits per heavy atom. The molecule has 0 atom stereocenters. The number of carbonyl (C=O) groups excluding carboxylic acids is 1. The molecular weight excluding hydrogens is 392 g/mol. The highest BCUT2D eigenvalue weighted by Crippen LogP contribution is 2.22. The number of ether oxygens (including phenoxy) is 1. The van der Waals surface area contributed by atoms with Gasteiger partial charge in [0.05, 0.1) is 30.6 Å². The number of anilines is 1. The second-order valence-electron chi connectivity index (χ2n) is 7.44. The number of para-hydroxylation sites is 2. The van der Waals surface area contributed by atoms with Crippen LogP contribution in [0.1, 0.15) is 30.8 Å². The average molecular weight is 423 g/mol. The van der Waals surface area contributed by atoms with Gasteiger partial charge in [0.2, 0.25) is 5.91 Å². The predicted molar refractivity (Wildman–Crippen MR) is 123 cm³/mol. The summed E-state index contributed by atoms with van der Waals surface area (Å²) in [5.41, 5.74) is 3.61. The Bertz CT molecular complexity index is 1070. The smallest absolute Gasteiger partial charge is 0.258 e. The van der Waals surface area contributed by atoms with Gasteiger partial charge in [-0.25, -0.2) is 4.98 Å². The summed E-state index contributed by atoms with van der Waals surface area (Å²) in [6.07, 6.45) is 1.69. The number of fused-ring (bicyclic) bond motifs is 1. The summed E-state index contributed by atoms with van der Waals surface area (Å²) in [7, 11) is 1.62. The Morgan fingerprint density at radius 1 is 1.10 bits per heavy atom. The molecule has 0 aliphatic heterocycles. The Morgan fingerprint density at radius 3 is 2.48 bits per heavy atom. The van der Waals surface area contributed by atoms with Crippen molar-refractivity contribution < 1.29 is 9.53 Å². The maximum Gasteiger partial charge on any atom is 0.258 e. The van der Waals surface area contributed by atoms with Gasteiger partial charge in [-0.05, 0) is 36.1 Å². The van der Waals surface area contributed by atoms with Crippen LogP contribution in [0.5, 0.6) is 0 Å². The number of methoxy groups -OCH3 is 1. The van der Waals surface area contributed by atoms with Gasteiger partial charge >= 0.3 is 0 Å². The third kappa shape index (κ3) is 5.77. The fourth-order valence-corrected chi connectivity index (χ4v) is 3.64. The van der Waals surface area contributed by atoms with Crippen molar-refractivity contribution in [1.82, 2.24) is 14.9 Å². The summed E-state index contributed by atoms with van der Waals surface area (Å²) in [6, 6.07) is 13.3. The normalized spacial score (nSPS) is 11.2. The van der Waals surface area contributed by atoms with Gasteiger partial charge < -0.3 is 15.0 Å². The first-order valence-corrected chi connectivity index (χ1v) is 10.7. The molecule has 7 nitrogen and oxygen atoms in total. The van der Waals surface area contributed by atoms with E-state index in [-0.39, 0.29) is 18.0 Å². The minimum atomic E-state index is -0.179. The van der Waals surface area contributed by atoms with Crippen molar-refractivity contribution in [3.63, 3.8) is 0 Å². The molecule has 1 amide bonds. The second-order valence-corrected chi connectivity index (χ2v) is 7.44. The monoisotopic (exact) mass is 422 g/mol. The summed E-state index contributed by atoms with van der Waals surface area (Å²) in [5.74, 6) is 0.422. The van der Waals surface area contributed by atoms with Gasteiger partial charge in [-0.2, -0.15) is 0 Å². The number of nitrogens with one attached hydrogen (secondary N) is 2. The van der Waals surface area contributed by atoms with Gasteiger partial charge in [-0.1, -0.05) is 44.2 Å². The third-order valence-electron chi connectivity index (χ3n) is 5.28. The number of aryl methyl sites for hydroxylation is 2. The number of amides is 1. The van der Waals surface area contributed by atoms with Crippen LogP contribution in [-0.4, -0.2) is 47.6 Å². The molecule has 31 heavy (non-hydrogen) atoms. The molecule has 0 unspecified atom stereocenters. The Labute approximate surface area is 182 Å². The zero-order chi connectivity index (χ0) is 22.2. The molecule has 1 aromatic heterocycles. The highest BCUT2D eigenvalue weighted by Gasteiger charge is 2.16. The summed E-state index contributed by atoms with van der Waals surface area (Å²) in [6.45, 7) is 5.68. The van der Waals surface area contributed by atoms with E-state index in [2.05, 4.69) is 29.1 Å². The molecular formula is C24H30N4O3. The van der Waals surface area contributed by atoms with Gasteiger partial charge in [0.15, 0.2) is 0 Å². The number of rotatable bonds is 10. The minimum absolute atomic E-state index is 0.102. The van der Waals surface area contributed by atoms with E-state index in [0.29, 0.717) is 36.4 Å². The van der Waals surface area contributed by atoms with E-state index in [4.69, 9.17) is 4.74 Å². The Hall–Kier alpha value is -3.03. The van der Waals surface area contributed by atoms with E-state index in [1.807, 2.05) is 41.3 Å². The number of benzene rings is 2. The second kappa shape index (κ2) is 10.8. The van der Waals surface area contributed by atoms with E-state index in [0.717, 1.165) is 29.7 Å². The molecule has 2 N–H and O–H groups in total. The number of aromatic nitrogens is 2. The molecule has 2 aromatic carbocycles. The van der Waals surface area contributed by atoms with Crippen molar-refractivity contribution in [2.75, 3.05) is 32.1 Å². The lowest BCUT2D eigenvalue weighted by atomic mass is 10.0. The fourth-order valence-electron chi connectivity index (χ4n) is 3.64. The number of carbonyl (C=O) groups is 1. The first kappa shape index (κ1) is 22.7. The van der Waals surface area contributed by atoms with Gasteiger partial charge in [-0.3, -0.25) is 14.5 Å². The van der Waals surface area contributed by atoms with Crippen molar-refractivity contribution in [3.8, 4) is 0 Å². The molecule has 0 spiro atoms. The molecule has 1 heterocycles. The van der Waals surface area contributed by atoms with Crippen molar-refractivity contribution >= 4 is 22.5 Å². The average Bonchev–Trinajstić information content (AvgIpc) is 2.77. The maximum atomic E-state index is 12.9. The highest BCUT2D eigenvalue weighted by atomic mass is 16.5. The molecule has 0 saturated carbocycles. The standard InChI is InChI=1S/C24H30N4O3/c1-4-17-9-8-10-18(5-2)23(17)27-22(29)16-28(13-14-31-3)15-21-25-20-12-7-6-11-19(20)24(30)26-21/h6-12H,4-5,13-16H2,1-3H3,(H,27,29)(H,25,26,30). The minimum Gasteiger partial charge on any atom is -0.383 e. The molecule has 3 rings (SSSR count). The topological polar surface area (TPSA) is 87.3 Å². The van der Waals surface area contributed by atoms with Crippen molar-refractivity contribution in [1.29, 1.82) is 0 Å². The molecule has 7 heteroatoms. The largest absolute Gasteiger partial charge is 0.383 e. The van der Waals surface area contributed by atoms with Crippen LogP contribution in [0, 0.1) is 0 Å². The zero-order valence-electron chi connectivity index (χ0n) is 18.4. The lowest BCUT2D eigenvalue weighted by molar-refractivity contribution is -0.117. The first-order valence-electron chi connectivity index (χ1n) is 10.7. The van der Waals surface area contributed by atoms with Crippen LogP contribution in [0.3, 0.4) is 0 Å². The van der Waals surface area contributed by atoms with Crippen molar-refractivity contribution in [3.05, 3.63) is 69.8 Å². The van der Waals surface area contributed by atoms with Crippen molar-refractivity contribution in [2.45, 2.75) is 33.2 Å². The van der Waals surface area contributed by atoms with E-state index in [1.54, 1.807) is 13.2 Å². The molecule has 0 fully saturated rings. The molecule has 0 saturated heterocycles. The van der Waals surface area contributed by atoms with Gasteiger partial charge in [0, 0.05) is 19.3 Å². The number of H-pyrrole nitrogens is 1. The third-order valence-corrected chi connectivity index (χ3v) is 5.28. The number of aromatic amines is 1. The summed E-state index contributed by atoms with van der Waals surface area (Å²) in [5, 5.41) is 3.65. The molecule has 0 aliphatic rings. The number of nitrogens with zero attached hydrogens (tertiary/aromatic N) is 2. The first-order chi connectivity index (χ1) is 15.0. The molecule has 3 aromatic rings. The van der Waals surface area contributed by atoms with Gasteiger partial charge in [0.1, 0.15) is 5.82 Å². The van der Waals surface area contributed by atoms with Crippen LogP contribution in [0.4, 0.5) is 5.69 Å². The molecule has 0 radical (unpaired) electrons. The zero-order valence-corrected chi connectivity index (χ0v) is 18.4. The fraction of sp³-hybridized carbons (Fsp3) is 0.375. The van der Waals surface area contributed by atoms with E-state index in [1.165, 1.54) is 0 Å². The number of hydrogen-bond donors (Lipinski definition) is 2. The molecule has 0 bridgehead atoms. The van der Waals surface area contributed by atoms with Crippen LogP contribution >= 0.6 is 0 Å². The molecule has 0 aliphatic carbocycles. The van der Waals surface area contributed by atoms with E-state index < -0.39 is 0 Å². The Balaban J connectivity index is 1.78. The van der Waals surface area contributed by atoms with E-state index in [9.17, 15) is 9.59 Å². The predicted octanol–water partition coefficient (Wildman–Crippen LogP) is 3.14. The lowest BCUT2D eigenvalue weighted by Crippen LogP contribution is -2.36. The van der Waals surface area contributed by atoms with Crippen LogP contribution < -0.4 is 10.9 Å². The van der Waals surface area contributed by atoms with Crippen LogP contribution in [-0.2, 0) is 28.9 Å². The summed E-state index contributed by atoms with van der Waals surface area (Å²) >= 11 is 0. The van der Waals surface area contributed by atoms with Crippen LogP contribution in [0.2, 0.25) is 0 Å². The quantitative estimate of drug-likeness (QED) is 0.524. The highest BCUT2D eigenvalue weighted by molar-refractivity contribution is 5.93. The lowest BCUT2D eigenvalue weighted by Gasteiger charge is -2.22. The number of hydrogen-bond acceptors (Lipinski definition) is 5. The van der Waals surface area contributed by atoms with Crippen LogP contribution in [0.25, 0.3) is 10.9 Å². The van der Waals surface area contributed by atoms with E-state index >= 15 is 0 Å². The SMILES string of the molecule is CCc1cccc(CC)c1NC(=O)CN(CCOC)Cc1nc2ccccc2c(=O)[nH]1. The Kier molecular flexibility index (Phi) is 7.92. The molecule has 164 valence electrons. The summed E-state index contributed by atoms with van der Waals surface area (Å²) < 4.78 is 5.21. The van der Waals surface area contributed by atoms with Gasteiger partial charge in [-0.15, -0.1) is 0 Å². The van der Waals surface area contributed by atoms with Crippen molar-refractivity contribution in [2.24, 2.45) is 0 Å². The van der Waals surface area contributed by atoms with Crippen LogP contribution in [0.15, 0.2) is 47.3 Å². The summed E-state index contributed by atoms with van der Waals surface area (Å²) in [4.78, 5) is 34.6. The maximum absolute atomic E-state index is 12.9. The van der Waals surface area contributed by atoms with Gasteiger partial charge in [0.25, 0.3) is 5.56 Å².